The molecule has 0 radical (unpaired) electrons. The third-order valence-corrected chi connectivity index (χ3v) is 3.97. The first-order valence-corrected chi connectivity index (χ1v) is 7.16. The Kier molecular flexibility index (Phi) is 5.19. The van der Waals surface area contributed by atoms with E-state index in [2.05, 4.69) is 52.7 Å². The first-order valence-electron chi connectivity index (χ1n) is 6.01. The molecule has 3 heteroatoms. The minimum atomic E-state index is 0.710. The van der Waals surface area contributed by atoms with Crippen molar-refractivity contribution in [1.82, 2.24) is 10.6 Å². The van der Waals surface area contributed by atoms with Crippen LogP contribution in [-0.2, 0) is 6.54 Å². The highest BCUT2D eigenvalue weighted by Gasteiger charge is 2.11. The zero-order chi connectivity index (χ0) is 11.1. The molecule has 2 N–H and O–H groups in total. The molecule has 88 valence electrons. The molecule has 1 aromatic carbocycles. The summed E-state index contributed by atoms with van der Waals surface area (Å²) in [7, 11) is 0. The number of hydrogen-bond donors (Lipinski definition) is 2. The lowest BCUT2D eigenvalue weighted by atomic mass is 10.2. The summed E-state index contributed by atoms with van der Waals surface area (Å²) in [6, 6.07) is 11.3. The molecule has 2 rings (SSSR count). The number of hydrogen-bond acceptors (Lipinski definition) is 3. The van der Waals surface area contributed by atoms with E-state index in [4.69, 9.17) is 0 Å². The highest BCUT2D eigenvalue weighted by atomic mass is 32.2. The fourth-order valence-corrected chi connectivity index (χ4v) is 2.91. The molecule has 1 unspecified atom stereocenters. The molecule has 0 spiro atoms. The zero-order valence-corrected chi connectivity index (χ0v) is 10.4. The van der Waals surface area contributed by atoms with Gasteiger partial charge in [0, 0.05) is 30.6 Å². The summed E-state index contributed by atoms with van der Waals surface area (Å²) in [4.78, 5) is 0. The molecule has 1 atom stereocenters. The van der Waals surface area contributed by atoms with Crippen LogP contribution in [0.25, 0.3) is 0 Å². The van der Waals surface area contributed by atoms with Crippen LogP contribution in [0.3, 0.4) is 0 Å². The molecule has 0 aromatic heterocycles. The van der Waals surface area contributed by atoms with E-state index in [9.17, 15) is 0 Å². The number of thioether (sulfide) groups is 1. The molecule has 1 heterocycles. The minimum absolute atomic E-state index is 0.710. The van der Waals surface area contributed by atoms with Gasteiger partial charge in [-0.15, -0.1) is 0 Å². The van der Waals surface area contributed by atoms with Gasteiger partial charge in [0.2, 0.25) is 0 Å². The second-order valence-corrected chi connectivity index (χ2v) is 5.33. The molecule has 0 amide bonds. The monoisotopic (exact) mass is 236 g/mol. The van der Waals surface area contributed by atoms with Gasteiger partial charge < -0.3 is 10.6 Å². The largest absolute Gasteiger partial charge is 0.313 e. The van der Waals surface area contributed by atoms with Crippen LogP contribution in [0.2, 0.25) is 0 Å². The van der Waals surface area contributed by atoms with Gasteiger partial charge in [0.15, 0.2) is 0 Å². The van der Waals surface area contributed by atoms with Crippen LogP contribution in [0, 0.1) is 0 Å². The van der Waals surface area contributed by atoms with Crippen molar-refractivity contribution in [2.75, 3.05) is 24.6 Å². The maximum Gasteiger partial charge on any atom is 0.0205 e. The van der Waals surface area contributed by atoms with Crippen molar-refractivity contribution in [2.45, 2.75) is 19.0 Å². The predicted octanol–water partition coefficient (Wildman–Crippen LogP) is 1.87. The second kappa shape index (κ2) is 6.94. The number of rotatable bonds is 5. The summed E-state index contributed by atoms with van der Waals surface area (Å²) in [5.41, 5.74) is 1.37. The van der Waals surface area contributed by atoms with Gasteiger partial charge in [-0.1, -0.05) is 30.3 Å². The van der Waals surface area contributed by atoms with Crippen LogP contribution >= 0.6 is 11.8 Å². The lowest BCUT2D eigenvalue weighted by Crippen LogP contribution is -2.39. The average molecular weight is 236 g/mol. The Hall–Kier alpha value is -0.510. The Morgan fingerprint density at radius 3 is 2.94 bits per heavy atom. The molecule has 1 aromatic rings. The Morgan fingerprint density at radius 1 is 1.31 bits per heavy atom. The number of benzene rings is 1. The SMILES string of the molecule is c1ccc(CNCCC2CSCCN2)cc1. The smallest absolute Gasteiger partial charge is 0.0205 e. The highest BCUT2D eigenvalue weighted by molar-refractivity contribution is 7.99. The summed E-state index contributed by atoms with van der Waals surface area (Å²) >= 11 is 2.07. The molecular formula is C13H20N2S. The van der Waals surface area contributed by atoms with Gasteiger partial charge in [-0.25, -0.2) is 0 Å². The first kappa shape index (κ1) is 12.0. The van der Waals surface area contributed by atoms with Gasteiger partial charge in [0.1, 0.15) is 0 Å². The summed E-state index contributed by atoms with van der Waals surface area (Å²) in [5, 5.41) is 7.06. The maximum absolute atomic E-state index is 3.56. The number of nitrogens with one attached hydrogen (secondary N) is 2. The normalized spacial score (nSPS) is 20.9. The van der Waals surface area contributed by atoms with Gasteiger partial charge >= 0.3 is 0 Å². The van der Waals surface area contributed by atoms with E-state index >= 15 is 0 Å². The van der Waals surface area contributed by atoms with Gasteiger partial charge in [0.25, 0.3) is 0 Å². The van der Waals surface area contributed by atoms with Crippen molar-refractivity contribution in [2.24, 2.45) is 0 Å². The molecule has 1 aliphatic heterocycles. The Morgan fingerprint density at radius 2 is 2.19 bits per heavy atom. The van der Waals surface area contributed by atoms with E-state index in [0.717, 1.165) is 13.1 Å². The minimum Gasteiger partial charge on any atom is -0.313 e. The Bertz CT molecular complexity index is 283. The summed E-state index contributed by atoms with van der Waals surface area (Å²) < 4.78 is 0. The third-order valence-electron chi connectivity index (χ3n) is 2.84. The van der Waals surface area contributed by atoms with E-state index < -0.39 is 0 Å². The molecule has 1 saturated heterocycles. The fraction of sp³-hybridized carbons (Fsp3) is 0.538. The maximum atomic E-state index is 3.56. The second-order valence-electron chi connectivity index (χ2n) is 4.18. The van der Waals surface area contributed by atoms with E-state index in [1.807, 2.05) is 0 Å². The molecule has 16 heavy (non-hydrogen) atoms. The Labute approximate surface area is 102 Å². The van der Waals surface area contributed by atoms with E-state index in [1.54, 1.807) is 0 Å². The van der Waals surface area contributed by atoms with Crippen molar-refractivity contribution in [1.29, 1.82) is 0 Å². The molecule has 1 fully saturated rings. The van der Waals surface area contributed by atoms with Crippen molar-refractivity contribution < 1.29 is 0 Å². The van der Waals surface area contributed by atoms with Gasteiger partial charge in [-0.3, -0.25) is 0 Å². The van der Waals surface area contributed by atoms with Gasteiger partial charge in [-0.2, -0.15) is 11.8 Å². The lowest BCUT2D eigenvalue weighted by molar-refractivity contribution is 0.503. The average Bonchev–Trinajstić information content (AvgIpc) is 2.37. The van der Waals surface area contributed by atoms with Crippen molar-refractivity contribution in [3.05, 3.63) is 35.9 Å². The summed E-state index contributed by atoms with van der Waals surface area (Å²) in [5.74, 6) is 2.54. The molecule has 0 bridgehead atoms. The first-order chi connectivity index (χ1) is 7.95. The standard InChI is InChI=1S/C13H20N2S/c1-2-4-12(5-3-1)10-14-7-6-13-11-16-9-8-15-13/h1-5,13-15H,6-11H2. The summed E-state index contributed by atoms with van der Waals surface area (Å²) in [6.07, 6.45) is 1.24. The van der Waals surface area contributed by atoms with Crippen LogP contribution in [-0.4, -0.2) is 30.6 Å². The van der Waals surface area contributed by atoms with Crippen molar-refractivity contribution >= 4 is 11.8 Å². The van der Waals surface area contributed by atoms with Crippen molar-refractivity contribution in [3.8, 4) is 0 Å². The van der Waals surface area contributed by atoms with Crippen LogP contribution in [0.15, 0.2) is 30.3 Å². The molecule has 1 aliphatic rings. The highest BCUT2D eigenvalue weighted by Crippen LogP contribution is 2.09. The van der Waals surface area contributed by atoms with Gasteiger partial charge in [0.05, 0.1) is 0 Å². The quantitative estimate of drug-likeness (QED) is 0.763. The molecule has 2 nitrogen and oxygen atoms in total. The molecule has 0 aliphatic carbocycles. The van der Waals surface area contributed by atoms with E-state index in [-0.39, 0.29) is 0 Å². The van der Waals surface area contributed by atoms with E-state index in [0.29, 0.717) is 6.04 Å². The Balaban J connectivity index is 1.58. The van der Waals surface area contributed by atoms with Crippen LogP contribution in [0.4, 0.5) is 0 Å². The van der Waals surface area contributed by atoms with Crippen molar-refractivity contribution in [3.63, 3.8) is 0 Å². The zero-order valence-electron chi connectivity index (χ0n) is 9.61. The fourth-order valence-electron chi connectivity index (χ4n) is 1.91. The third kappa shape index (κ3) is 4.16. The van der Waals surface area contributed by atoms with Crippen LogP contribution in [0.5, 0.6) is 0 Å². The van der Waals surface area contributed by atoms with E-state index in [1.165, 1.54) is 30.0 Å². The molecular weight excluding hydrogens is 216 g/mol. The predicted molar refractivity (Wildman–Crippen MR) is 71.9 cm³/mol. The van der Waals surface area contributed by atoms with Crippen LogP contribution < -0.4 is 10.6 Å². The topological polar surface area (TPSA) is 24.1 Å². The van der Waals surface area contributed by atoms with Gasteiger partial charge in [-0.05, 0) is 18.5 Å². The molecule has 0 saturated carbocycles. The van der Waals surface area contributed by atoms with Crippen LogP contribution in [0.1, 0.15) is 12.0 Å². The summed E-state index contributed by atoms with van der Waals surface area (Å²) in [6.45, 7) is 3.27. The lowest BCUT2D eigenvalue weighted by Gasteiger charge is -2.23.